The van der Waals surface area contributed by atoms with Gasteiger partial charge < -0.3 is 15.5 Å². The fourth-order valence-electron chi connectivity index (χ4n) is 1.74. The van der Waals surface area contributed by atoms with Crippen molar-refractivity contribution in [1.82, 2.24) is 5.32 Å². The first-order valence-corrected chi connectivity index (χ1v) is 5.76. The van der Waals surface area contributed by atoms with Gasteiger partial charge in [0.2, 0.25) is 0 Å². The van der Waals surface area contributed by atoms with Crippen LogP contribution in [0.15, 0.2) is 18.2 Å². The Bertz CT molecular complexity index is 431. The third-order valence-corrected chi connectivity index (χ3v) is 2.75. The molecule has 2 unspecified atom stereocenters. The first-order valence-electron chi connectivity index (χ1n) is 5.76. The molecule has 0 bridgehead atoms. The summed E-state index contributed by atoms with van der Waals surface area (Å²) in [5.41, 5.74) is 0.815. The topological polar surface area (TPSA) is 76.3 Å². The number of hydrogen-bond donors (Lipinski definition) is 3. The average Bonchev–Trinajstić information content (AvgIpc) is 2.37. The van der Waals surface area contributed by atoms with Crippen molar-refractivity contribution in [3.8, 4) is 6.07 Å². The van der Waals surface area contributed by atoms with E-state index in [0.717, 1.165) is 0 Å². The molecule has 98 valence electrons. The molecule has 0 aromatic heterocycles. The minimum Gasteiger partial charge on any atom is -0.390 e. The van der Waals surface area contributed by atoms with E-state index < -0.39 is 18.0 Å². The van der Waals surface area contributed by atoms with Crippen LogP contribution < -0.4 is 5.32 Å². The van der Waals surface area contributed by atoms with E-state index in [0.29, 0.717) is 18.5 Å². The van der Waals surface area contributed by atoms with Crippen LogP contribution in [0.25, 0.3) is 0 Å². The maximum atomic E-state index is 13.2. The number of nitrogens with one attached hydrogen (secondary N) is 1. The molecule has 3 N–H and O–H groups in total. The Labute approximate surface area is 106 Å². The zero-order valence-electron chi connectivity index (χ0n) is 10.2. The Morgan fingerprint density at radius 2 is 2.17 bits per heavy atom. The van der Waals surface area contributed by atoms with Crippen LogP contribution in [0.4, 0.5) is 4.39 Å². The molecule has 5 heteroatoms. The van der Waals surface area contributed by atoms with Crippen molar-refractivity contribution in [3.05, 3.63) is 35.1 Å². The van der Waals surface area contributed by atoms with Gasteiger partial charge in [-0.05, 0) is 43.3 Å². The number of aliphatic hydroxyl groups is 2. The first-order chi connectivity index (χ1) is 8.60. The second kappa shape index (κ2) is 7.07. The second-order valence-electron chi connectivity index (χ2n) is 4.08. The van der Waals surface area contributed by atoms with Crippen LogP contribution in [-0.4, -0.2) is 29.9 Å². The second-order valence-corrected chi connectivity index (χ2v) is 4.08. The number of nitrogens with zero attached hydrogens (tertiary/aromatic N) is 1. The summed E-state index contributed by atoms with van der Waals surface area (Å²) in [6, 6.07) is 5.82. The zero-order valence-corrected chi connectivity index (χ0v) is 10.2. The van der Waals surface area contributed by atoms with E-state index in [-0.39, 0.29) is 12.0 Å². The highest BCUT2D eigenvalue weighted by Crippen LogP contribution is 2.24. The van der Waals surface area contributed by atoms with Gasteiger partial charge in [-0.3, -0.25) is 0 Å². The molecule has 18 heavy (non-hydrogen) atoms. The number of halogens is 1. The molecule has 0 amide bonds. The van der Waals surface area contributed by atoms with Crippen LogP contribution in [0.5, 0.6) is 0 Å². The molecular weight excluding hydrogens is 235 g/mol. The summed E-state index contributed by atoms with van der Waals surface area (Å²) in [6.45, 7) is 0.543. The SMILES string of the molecule is CNCCC(O)C(O)c1cc(F)ccc1CC#N. The van der Waals surface area contributed by atoms with Gasteiger partial charge >= 0.3 is 0 Å². The zero-order chi connectivity index (χ0) is 13.5. The molecule has 1 aromatic carbocycles. The van der Waals surface area contributed by atoms with Crippen molar-refractivity contribution in [2.75, 3.05) is 13.6 Å². The van der Waals surface area contributed by atoms with Gasteiger partial charge in [0.1, 0.15) is 11.9 Å². The molecule has 1 rings (SSSR count). The lowest BCUT2D eigenvalue weighted by molar-refractivity contribution is 0.0134. The highest BCUT2D eigenvalue weighted by atomic mass is 19.1. The van der Waals surface area contributed by atoms with Gasteiger partial charge in [0.25, 0.3) is 0 Å². The monoisotopic (exact) mass is 252 g/mol. The van der Waals surface area contributed by atoms with Gasteiger partial charge in [-0.2, -0.15) is 5.26 Å². The molecule has 0 saturated heterocycles. The van der Waals surface area contributed by atoms with Gasteiger partial charge in [-0.25, -0.2) is 4.39 Å². The summed E-state index contributed by atoms with van der Waals surface area (Å²) >= 11 is 0. The van der Waals surface area contributed by atoms with E-state index in [4.69, 9.17) is 5.26 Å². The number of nitriles is 1. The summed E-state index contributed by atoms with van der Waals surface area (Å²) in [6.07, 6.45) is -1.75. The first kappa shape index (κ1) is 14.6. The summed E-state index contributed by atoms with van der Waals surface area (Å²) in [5, 5.41) is 31.3. The molecule has 0 heterocycles. The molecule has 0 radical (unpaired) electrons. The van der Waals surface area contributed by atoms with Crippen molar-refractivity contribution in [1.29, 1.82) is 5.26 Å². The Kier molecular flexibility index (Phi) is 5.72. The normalized spacial score (nSPS) is 13.9. The lowest BCUT2D eigenvalue weighted by Gasteiger charge is -2.20. The van der Waals surface area contributed by atoms with Gasteiger partial charge in [-0.15, -0.1) is 0 Å². The number of rotatable bonds is 6. The Balaban J connectivity index is 2.92. The molecule has 0 aliphatic carbocycles. The van der Waals surface area contributed by atoms with Crippen molar-refractivity contribution in [3.63, 3.8) is 0 Å². The van der Waals surface area contributed by atoms with E-state index >= 15 is 0 Å². The molecule has 0 spiro atoms. The largest absolute Gasteiger partial charge is 0.390 e. The van der Waals surface area contributed by atoms with Gasteiger partial charge in [-0.1, -0.05) is 6.07 Å². The lowest BCUT2D eigenvalue weighted by atomic mass is 9.95. The van der Waals surface area contributed by atoms with E-state index in [9.17, 15) is 14.6 Å². The maximum absolute atomic E-state index is 13.2. The minimum atomic E-state index is -1.18. The van der Waals surface area contributed by atoms with Crippen molar-refractivity contribution < 1.29 is 14.6 Å². The number of hydrogen-bond acceptors (Lipinski definition) is 4. The molecule has 4 nitrogen and oxygen atoms in total. The van der Waals surface area contributed by atoms with Crippen LogP contribution in [0.1, 0.15) is 23.7 Å². The Morgan fingerprint density at radius 3 is 2.78 bits per heavy atom. The lowest BCUT2D eigenvalue weighted by Crippen LogP contribution is -2.24. The highest BCUT2D eigenvalue weighted by molar-refractivity contribution is 5.32. The summed E-state index contributed by atoms with van der Waals surface area (Å²) in [4.78, 5) is 0. The van der Waals surface area contributed by atoms with Crippen LogP contribution in [-0.2, 0) is 6.42 Å². The van der Waals surface area contributed by atoms with Crippen LogP contribution in [0, 0.1) is 17.1 Å². The third kappa shape index (κ3) is 3.77. The molecule has 0 saturated carbocycles. The van der Waals surface area contributed by atoms with Crippen LogP contribution >= 0.6 is 0 Å². The molecular formula is C13H17FN2O2. The fourth-order valence-corrected chi connectivity index (χ4v) is 1.74. The predicted molar refractivity (Wildman–Crippen MR) is 65.2 cm³/mol. The number of aliphatic hydroxyl groups excluding tert-OH is 2. The third-order valence-electron chi connectivity index (χ3n) is 2.75. The summed E-state index contributed by atoms with van der Waals surface area (Å²) in [7, 11) is 1.74. The number of benzene rings is 1. The standard InChI is InChI=1S/C13H17FN2O2/c1-16-7-5-12(17)13(18)11-8-10(14)3-2-9(11)4-6-15/h2-3,8,12-13,16-18H,4-5,7H2,1H3. The molecule has 0 fully saturated rings. The van der Waals surface area contributed by atoms with Crippen molar-refractivity contribution >= 4 is 0 Å². The predicted octanol–water partition coefficient (Wildman–Crippen LogP) is 0.896. The Morgan fingerprint density at radius 1 is 1.44 bits per heavy atom. The molecule has 0 aliphatic heterocycles. The van der Waals surface area contributed by atoms with Crippen LogP contribution in [0.3, 0.4) is 0 Å². The van der Waals surface area contributed by atoms with E-state index in [1.807, 2.05) is 6.07 Å². The Hall–Kier alpha value is -1.48. The maximum Gasteiger partial charge on any atom is 0.123 e. The fraction of sp³-hybridized carbons (Fsp3) is 0.462. The van der Waals surface area contributed by atoms with E-state index in [1.165, 1.54) is 18.2 Å². The van der Waals surface area contributed by atoms with Crippen molar-refractivity contribution in [2.45, 2.75) is 25.0 Å². The minimum absolute atomic E-state index is 0.0748. The summed E-state index contributed by atoms with van der Waals surface area (Å²) < 4.78 is 13.2. The smallest absolute Gasteiger partial charge is 0.123 e. The van der Waals surface area contributed by atoms with Crippen LogP contribution in [0.2, 0.25) is 0 Å². The average molecular weight is 252 g/mol. The van der Waals surface area contributed by atoms with E-state index in [1.54, 1.807) is 7.05 Å². The molecule has 1 aromatic rings. The van der Waals surface area contributed by atoms with Crippen molar-refractivity contribution in [2.24, 2.45) is 0 Å². The van der Waals surface area contributed by atoms with Gasteiger partial charge in [0.15, 0.2) is 0 Å². The van der Waals surface area contributed by atoms with E-state index in [2.05, 4.69) is 5.32 Å². The molecule has 2 atom stereocenters. The van der Waals surface area contributed by atoms with Gasteiger partial charge in [0.05, 0.1) is 18.6 Å². The molecule has 0 aliphatic rings. The van der Waals surface area contributed by atoms with Gasteiger partial charge in [0, 0.05) is 0 Å². The highest BCUT2D eigenvalue weighted by Gasteiger charge is 2.21. The quantitative estimate of drug-likeness (QED) is 0.703. The summed E-state index contributed by atoms with van der Waals surface area (Å²) in [5.74, 6) is -0.494.